The number of thiazole rings is 1. The summed E-state index contributed by atoms with van der Waals surface area (Å²) in [6, 6.07) is 7.18. The zero-order chi connectivity index (χ0) is 16.2. The van der Waals surface area contributed by atoms with E-state index < -0.39 is 5.97 Å². The first-order valence-electron chi connectivity index (χ1n) is 6.81. The van der Waals surface area contributed by atoms with Crippen molar-refractivity contribution in [1.29, 1.82) is 0 Å². The predicted molar refractivity (Wildman–Crippen MR) is 85.4 cm³/mol. The summed E-state index contributed by atoms with van der Waals surface area (Å²) in [5.41, 5.74) is 1.50. The van der Waals surface area contributed by atoms with E-state index in [9.17, 15) is 4.79 Å². The molecular formula is C14H12ClN5O2S. The Labute approximate surface area is 140 Å². The molecule has 0 fully saturated rings. The van der Waals surface area contributed by atoms with Gasteiger partial charge in [0.1, 0.15) is 6.54 Å². The molecule has 9 heteroatoms. The van der Waals surface area contributed by atoms with E-state index in [1.807, 2.05) is 12.1 Å². The van der Waals surface area contributed by atoms with Crippen LogP contribution in [0.3, 0.4) is 0 Å². The van der Waals surface area contributed by atoms with Crippen LogP contribution in [0.5, 0.6) is 0 Å². The number of carbonyl (C=O) groups is 1. The van der Waals surface area contributed by atoms with Gasteiger partial charge in [-0.2, -0.15) is 4.80 Å². The average Bonchev–Trinajstić information content (AvgIpc) is 3.18. The van der Waals surface area contributed by atoms with E-state index in [1.54, 1.807) is 24.4 Å². The van der Waals surface area contributed by atoms with Crippen LogP contribution in [0, 0.1) is 0 Å². The van der Waals surface area contributed by atoms with Gasteiger partial charge >= 0.3 is 5.97 Å². The van der Waals surface area contributed by atoms with E-state index in [0.29, 0.717) is 34.7 Å². The second-order valence-corrected chi connectivity index (χ2v) is 5.81. The first kappa shape index (κ1) is 15.6. The summed E-state index contributed by atoms with van der Waals surface area (Å²) in [5.74, 6) is 0.0830. The lowest BCUT2D eigenvalue weighted by atomic mass is 10.2. The van der Waals surface area contributed by atoms with Gasteiger partial charge in [0.15, 0.2) is 0 Å². The molecular weight excluding hydrogens is 338 g/mol. The maximum Gasteiger partial charge on any atom is 0.367 e. The maximum absolute atomic E-state index is 11.6. The molecule has 2 aromatic heterocycles. The van der Waals surface area contributed by atoms with Crippen LogP contribution in [0.2, 0.25) is 5.02 Å². The van der Waals surface area contributed by atoms with Crippen molar-refractivity contribution in [3.05, 3.63) is 45.4 Å². The maximum atomic E-state index is 11.6. The summed E-state index contributed by atoms with van der Waals surface area (Å²) in [6.07, 6.45) is 0. The number of ether oxygens (including phenoxy) is 1. The third-order valence-electron chi connectivity index (χ3n) is 2.86. The Morgan fingerprint density at radius 2 is 2.13 bits per heavy atom. The lowest BCUT2D eigenvalue weighted by Gasteiger charge is -1.96. The van der Waals surface area contributed by atoms with E-state index in [0.717, 1.165) is 5.56 Å². The molecule has 0 aliphatic heterocycles. The quantitative estimate of drug-likeness (QED) is 0.658. The van der Waals surface area contributed by atoms with Crippen LogP contribution in [0.15, 0.2) is 29.6 Å². The molecule has 0 amide bonds. The lowest BCUT2D eigenvalue weighted by molar-refractivity contribution is 0.0525. The third kappa shape index (κ3) is 3.72. The molecule has 0 radical (unpaired) electrons. The van der Waals surface area contributed by atoms with Crippen molar-refractivity contribution in [1.82, 2.24) is 25.2 Å². The molecule has 118 valence electrons. The van der Waals surface area contributed by atoms with Crippen molar-refractivity contribution < 1.29 is 9.53 Å². The SMILES string of the molecule is CCOC(=O)c1nc(Cn2nnc(-c3ccc(Cl)cc3)n2)cs1. The molecule has 23 heavy (non-hydrogen) atoms. The number of hydrogen-bond acceptors (Lipinski definition) is 7. The van der Waals surface area contributed by atoms with Crippen molar-refractivity contribution in [2.24, 2.45) is 0 Å². The molecule has 0 saturated heterocycles. The fourth-order valence-electron chi connectivity index (χ4n) is 1.84. The molecule has 3 aromatic rings. The van der Waals surface area contributed by atoms with E-state index >= 15 is 0 Å². The minimum absolute atomic E-state index is 0.319. The molecule has 0 N–H and O–H groups in total. The molecule has 2 heterocycles. The van der Waals surface area contributed by atoms with Crippen LogP contribution in [0.4, 0.5) is 0 Å². The number of carbonyl (C=O) groups excluding carboxylic acids is 1. The van der Waals surface area contributed by atoms with Gasteiger partial charge in [0.2, 0.25) is 10.8 Å². The summed E-state index contributed by atoms with van der Waals surface area (Å²) < 4.78 is 4.91. The van der Waals surface area contributed by atoms with E-state index in [2.05, 4.69) is 20.4 Å². The number of hydrogen-bond donors (Lipinski definition) is 0. The minimum Gasteiger partial charge on any atom is -0.461 e. The predicted octanol–water partition coefficient (Wildman–Crippen LogP) is 2.68. The van der Waals surface area contributed by atoms with E-state index in [-0.39, 0.29) is 0 Å². The van der Waals surface area contributed by atoms with Crippen LogP contribution in [-0.2, 0) is 11.3 Å². The van der Waals surface area contributed by atoms with E-state index in [1.165, 1.54) is 16.1 Å². The highest BCUT2D eigenvalue weighted by atomic mass is 35.5. The van der Waals surface area contributed by atoms with Crippen LogP contribution in [-0.4, -0.2) is 37.8 Å². The van der Waals surface area contributed by atoms with E-state index in [4.69, 9.17) is 16.3 Å². The van der Waals surface area contributed by atoms with Gasteiger partial charge in [0, 0.05) is 16.0 Å². The number of nitrogens with zero attached hydrogens (tertiary/aromatic N) is 5. The number of aromatic nitrogens is 5. The van der Waals surface area contributed by atoms with Gasteiger partial charge in [-0.3, -0.25) is 0 Å². The summed E-state index contributed by atoms with van der Waals surface area (Å²) in [4.78, 5) is 17.2. The van der Waals surface area contributed by atoms with Crippen LogP contribution >= 0.6 is 22.9 Å². The Hall–Kier alpha value is -2.32. The smallest absolute Gasteiger partial charge is 0.367 e. The molecule has 0 aliphatic rings. The van der Waals surface area contributed by atoms with Crippen LogP contribution in [0.25, 0.3) is 11.4 Å². The van der Waals surface area contributed by atoms with Crippen molar-refractivity contribution >= 4 is 28.9 Å². The molecule has 0 aliphatic carbocycles. The zero-order valence-electron chi connectivity index (χ0n) is 12.1. The van der Waals surface area contributed by atoms with Crippen molar-refractivity contribution in [2.75, 3.05) is 6.61 Å². The van der Waals surface area contributed by atoms with Gasteiger partial charge in [-0.1, -0.05) is 11.6 Å². The fraction of sp³-hybridized carbons (Fsp3) is 0.214. The van der Waals surface area contributed by atoms with Crippen molar-refractivity contribution in [2.45, 2.75) is 13.5 Å². The molecule has 0 atom stereocenters. The monoisotopic (exact) mass is 349 g/mol. The first-order valence-corrected chi connectivity index (χ1v) is 8.06. The highest BCUT2D eigenvalue weighted by Gasteiger charge is 2.13. The minimum atomic E-state index is -0.419. The van der Waals surface area contributed by atoms with Gasteiger partial charge in [-0.15, -0.1) is 21.5 Å². The van der Waals surface area contributed by atoms with Gasteiger partial charge in [0.05, 0.1) is 12.3 Å². The van der Waals surface area contributed by atoms with Gasteiger partial charge < -0.3 is 4.74 Å². The topological polar surface area (TPSA) is 82.8 Å². The number of rotatable bonds is 5. The molecule has 1 aromatic carbocycles. The highest BCUT2D eigenvalue weighted by molar-refractivity contribution is 7.11. The average molecular weight is 350 g/mol. The summed E-state index contributed by atoms with van der Waals surface area (Å²) in [6.45, 7) is 2.41. The molecule has 7 nitrogen and oxygen atoms in total. The normalized spacial score (nSPS) is 10.7. The number of esters is 1. The second-order valence-electron chi connectivity index (χ2n) is 4.51. The van der Waals surface area contributed by atoms with Gasteiger partial charge in [0.25, 0.3) is 0 Å². The van der Waals surface area contributed by atoms with Crippen molar-refractivity contribution in [3.8, 4) is 11.4 Å². The third-order valence-corrected chi connectivity index (χ3v) is 3.98. The second kappa shape index (κ2) is 6.84. The summed E-state index contributed by atoms with van der Waals surface area (Å²) in [5, 5.41) is 15.0. The first-order chi connectivity index (χ1) is 11.2. The lowest BCUT2D eigenvalue weighted by Crippen LogP contribution is -2.07. The number of benzene rings is 1. The summed E-state index contributed by atoms with van der Waals surface area (Å²) in [7, 11) is 0. The molecule has 0 unspecified atom stereocenters. The molecule has 0 spiro atoms. The molecule has 0 bridgehead atoms. The van der Waals surface area contributed by atoms with Crippen molar-refractivity contribution in [3.63, 3.8) is 0 Å². The number of halogens is 1. The van der Waals surface area contributed by atoms with Crippen LogP contribution < -0.4 is 0 Å². The molecule has 3 rings (SSSR count). The zero-order valence-corrected chi connectivity index (χ0v) is 13.7. The Morgan fingerprint density at radius 1 is 1.35 bits per heavy atom. The Balaban J connectivity index is 1.72. The summed E-state index contributed by atoms with van der Waals surface area (Å²) >= 11 is 7.09. The Bertz CT molecular complexity index is 815. The van der Waals surface area contributed by atoms with Gasteiger partial charge in [-0.25, -0.2) is 9.78 Å². The Kier molecular flexibility index (Phi) is 4.63. The number of tetrazole rings is 1. The fourth-order valence-corrected chi connectivity index (χ4v) is 2.66. The highest BCUT2D eigenvalue weighted by Crippen LogP contribution is 2.17. The Morgan fingerprint density at radius 3 is 2.87 bits per heavy atom. The largest absolute Gasteiger partial charge is 0.461 e. The molecule has 0 saturated carbocycles. The van der Waals surface area contributed by atoms with Crippen LogP contribution in [0.1, 0.15) is 22.4 Å². The van der Waals surface area contributed by atoms with Gasteiger partial charge in [-0.05, 0) is 36.4 Å². The standard InChI is InChI=1S/C14H12ClN5O2S/c1-2-22-14(21)13-16-11(8-23-13)7-20-18-12(17-19-20)9-3-5-10(15)6-4-9/h3-6,8H,2,7H2,1H3.